The van der Waals surface area contributed by atoms with E-state index >= 15 is 0 Å². The number of hydrogen-bond acceptors (Lipinski definition) is 4. The van der Waals surface area contributed by atoms with Crippen LogP contribution in [0.15, 0.2) is 5.16 Å². The number of nitrogens with zero attached hydrogens (tertiary/aromatic N) is 2. The molecule has 0 saturated carbocycles. The van der Waals surface area contributed by atoms with Gasteiger partial charge < -0.3 is 21.2 Å². The van der Waals surface area contributed by atoms with Crippen molar-refractivity contribution in [3.63, 3.8) is 0 Å². The minimum Gasteiger partial charge on any atom is -0.409 e. The van der Waals surface area contributed by atoms with Gasteiger partial charge in [0.25, 0.3) is 0 Å². The van der Waals surface area contributed by atoms with Crippen LogP contribution >= 0.6 is 0 Å². The molecule has 1 amide bonds. The highest BCUT2D eigenvalue weighted by Crippen LogP contribution is 1.91. The second kappa shape index (κ2) is 7.05. The van der Waals surface area contributed by atoms with Gasteiger partial charge in [-0.3, -0.25) is 4.79 Å². The lowest BCUT2D eigenvalue weighted by atomic mass is 10.3. The first kappa shape index (κ1) is 13.7. The molecule has 0 aliphatic rings. The molecule has 6 heteroatoms. The lowest BCUT2D eigenvalue weighted by Gasteiger charge is -2.20. The van der Waals surface area contributed by atoms with Crippen molar-refractivity contribution in [1.29, 1.82) is 0 Å². The highest BCUT2D eigenvalue weighted by atomic mass is 16.4. The molecule has 88 valence electrons. The van der Waals surface area contributed by atoms with Crippen molar-refractivity contribution < 1.29 is 10.0 Å². The topological polar surface area (TPSA) is 91.0 Å². The summed E-state index contributed by atoms with van der Waals surface area (Å²) in [6.07, 6.45) is -0.0676. The van der Waals surface area contributed by atoms with Crippen molar-refractivity contribution in [1.82, 2.24) is 10.2 Å². The van der Waals surface area contributed by atoms with Gasteiger partial charge in [-0.1, -0.05) is 5.16 Å². The van der Waals surface area contributed by atoms with Crippen molar-refractivity contribution >= 4 is 11.7 Å². The Morgan fingerprint density at radius 1 is 1.60 bits per heavy atom. The van der Waals surface area contributed by atoms with Crippen LogP contribution in [0.1, 0.15) is 20.3 Å². The fourth-order valence-electron chi connectivity index (χ4n) is 0.892. The monoisotopic (exact) mass is 216 g/mol. The van der Waals surface area contributed by atoms with Gasteiger partial charge in [-0.15, -0.1) is 0 Å². The van der Waals surface area contributed by atoms with Gasteiger partial charge in [0.05, 0.1) is 6.42 Å². The summed E-state index contributed by atoms with van der Waals surface area (Å²) in [6, 6.07) is 0.450. The third-order valence-electron chi connectivity index (χ3n) is 2.14. The summed E-state index contributed by atoms with van der Waals surface area (Å²) in [5, 5.41) is 13.6. The van der Waals surface area contributed by atoms with Gasteiger partial charge in [-0.05, 0) is 20.9 Å². The molecule has 0 aromatic rings. The Labute approximate surface area is 90.1 Å². The molecule has 0 rings (SSSR count). The molecule has 15 heavy (non-hydrogen) atoms. The van der Waals surface area contributed by atoms with Crippen LogP contribution < -0.4 is 11.1 Å². The number of oxime groups is 1. The number of rotatable bonds is 6. The maximum Gasteiger partial charge on any atom is 0.227 e. The van der Waals surface area contributed by atoms with Gasteiger partial charge >= 0.3 is 0 Å². The van der Waals surface area contributed by atoms with Crippen LogP contribution in [0.25, 0.3) is 0 Å². The van der Waals surface area contributed by atoms with Crippen molar-refractivity contribution in [2.75, 3.05) is 20.1 Å². The largest absolute Gasteiger partial charge is 0.409 e. The van der Waals surface area contributed by atoms with E-state index in [-0.39, 0.29) is 18.2 Å². The van der Waals surface area contributed by atoms with Gasteiger partial charge in [0.15, 0.2) is 0 Å². The summed E-state index contributed by atoms with van der Waals surface area (Å²) in [6.45, 7) is 5.50. The second-order valence-corrected chi connectivity index (χ2v) is 3.69. The number of amidine groups is 1. The molecule has 0 aliphatic carbocycles. The van der Waals surface area contributed by atoms with E-state index in [0.717, 1.165) is 6.54 Å². The molecule has 0 aliphatic heterocycles. The molecule has 4 N–H and O–H groups in total. The van der Waals surface area contributed by atoms with Crippen LogP contribution in [-0.2, 0) is 4.79 Å². The van der Waals surface area contributed by atoms with E-state index in [1.165, 1.54) is 0 Å². The third kappa shape index (κ3) is 6.73. The zero-order valence-electron chi connectivity index (χ0n) is 9.53. The number of carbonyl (C=O) groups is 1. The Hall–Kier alpha value is -1.30. The Morgan fingerprint density at radius 3 is 2.67 bits per heavy atom. The summed E-state index contributed by atoms with van der Waals surface area (Å²) < 4.78 is 0. The smallest absolute Gasteiger partial charge is 0.227 e. The lowest BCUT2D eigenvalue weighted by molar-refractivity contribution is -0.120. The fraction of sp³-hybridized carbons (Fsp3) is 0.778. The summed E-state index contributed by atoms with van der Waals surface area (Å²) in [4.78, 5) is 13.3. The van der Waals surface area contributed by atoms with E-state index in [1.807, 2.05) is 7.05 Å². The summed E-state index contributed by atoms with van der Waals surface area (Å²) in [7, 11) is 1.99. The predicted octanol–water partition coefficient (Wildman–Crippen LogP) is -0.421. The molecule has 0 aromatic carbocycles. The standard InChI is InChI=1S/C9H20N4O2/c1-7(2)13(3)5-4-11-9(14)6-8(10)12-15/h7,15H,4-6H2,1-3H3,(H2,10,12)(H,11,14). The van der Waals surface area contributed by atoms with Gasteiger partial charge in [-0.25, -0.2) is 0 Å². The highest BCUT2D eigenvalue weighted by molar-refractivity contribution is 5.98. The van der Waals surface area contributed by atoms with Crippen molar-refractivity contribution in [3.05, 3.63) is 0 Å². The predicted molar refractivity (Wildman–Crippen MR) is 58.8 cm³/mol. The van der Waals surface area contributed by atoms with E-state index in [2.05, 4.69) is 29.2 Å². The van der Waals surface area contributed by atoms with E-state index in [0.29, 0.717) is 12.6 Å². The Kier molecular flexibility index (Phi) is 6.44. The molecular formula is C9H20N4O2. The summed E-state index contributed by atoms with van der Waals surface area (Å²) in [5.74, 6) is -0.313. The van der Waals surface area contributed by atoms with Crippen LogP contribution in [0.4, 0.5) is 0 Å². The first-order chi connectivity index (χ1) is 6.97. The Balaban J connectivity index is 3.64. The quantitative estimate of drug-likeness (QED) is 0.243. The number of carbonyl (C=O) groups excluding carboxylic acids is 1. The molecule has 0 fully saturated rings. The van der Waals surface area contributed by atoms with Gasteiger partial charge in [0.1, 0.15) is 5.84 Å². The zero-order chi connectivity index (χ0) is 11.8. The number of nitrogens with one attached hydrogen (secondary N) is 1. The minimum absolute atomic E-state index is 0.0676. The normalized spacial score (nSPS) is 12.2. The molecule has 0 spiro atoms. The number of likely N-dealkylation sites (N-methyl/N-ethyl adjacent to an activating group) is 1. The molecule has 0 unspecified atom stereocenters. The maximum atomic E-state index is 11.2. The molecule has 0 atom stereocenters. The Bertz CT molecular complexity index is 228. The number of nitrogens with two attached hydrogens (primary N) is 1. The van der Waals surface area contributed by atoms with E-state index in [4.69, 9.17) is 10.9 Å². The lowest BCUT2D eigenvalue weighted by Crippen LogP contribution is -2.37. The van der Waals surface area contributed by atoms with E-state index < -0.39 is 0 Å². The average Bonchev–Trinajstić information content (AvgIpc) is 2.17. The average molecular weight is 216 g/mol. The number of hydrogen-bond donors (Lipinski definition) is 3. The summed E-state index contributed by atoms with van der Waals surface area (Å²) in [5.41, 5.74) is 5.18. The minimum atomic E-state index is -0.234. The van der Waals surface area contributed by atoms with Crippen molar-refractivity contribution in [2.45, 2.75) is 26.3 Å². The fourth-order valence-corrected chi connectivity index (χ4v) is 0.892. The maximum absolute atomic E-state index is 11.2. The van der Waals surface area contributed by atoms with Crippen LogP contribution in [0.3, 0.4) is 0 Å². The second-order valence-electron chi connectivity index (χ2n) is 3.69. The molecule has 0 radical (unpaired) electrons. The van der Waals surface area contributed by atoms with Gasteiger partial charge in [0.2, 0.25) is 5.91 Å². The van der Waals surface area contributed by atoms with Crippen LogP contribution in [0.2, 0.25) is 0 Å². The van der Waals surface area contributed by atoms with Crippen molar-refractivity contribution in [3.8, 4) is 0 Å². The van der Waals surface area contributed by atoms with E-state index in [1.54, 1.807) is 0 Å². The SMILES string of the molecule is CC(C)N(C)CCNC(=O)CC(N)=NO. The third-order valence-corrected chi connectivity index (χ3v) is 2.14. The molecule has 0 saturated heterocycles. The highest BCUT2D eigenvalue weighted by Gasteiger charge is 2.06. The first-order valence-electron chi connectivity index (χ1n) is 4.90. The molecule has 0 heterocycles. The number of amides is 1. The van der Waals surface area contributed by atoms with Crippen LogP contribution in [-0.4, -0.2) is 48.0 Å². The summed E-state index contributed by atoms with van der Waals surface area (Å²) >= 11 is 0. The molecule has 6 nitrogen and oxygen atoms in total. The van der Waals surface area contributed by atoms with Gasteiger partial charge in [-0.2, -0.15) is 0 Å². The first-order valence-corrected chi connectivity index (χ1v) is 4.90. The van der Waals surface area contributed by atoms with Gasteiger partial charge in [0, 0.05) is 19.1 Å². The van der Waals surface area contributed by atoms with Crippen molar-refractivity contribution in [2.24, 2.45) is 10.9 Å². The van der Waals surface area contributed by atoms with Crippen LogP contribution in [0.5, 0.6) is 0 Å². The molecule has 0 aromatic heterocycles. The zero-order valence-corrected chi connectivity index (χ0v) is 9.53. The molecule has 0 bridgehead atoms. The van der Waals surface area contributed by atoms with Crippen LogP contribution in [0, 0.1) is 0 Å². The van der Waals surface area contributed by atoms with E-state index in [9.17, 15) is 4.79 Å². The Morgan fingerprint density at radius 2 is 2.20 bits per heavy atom. The molecular weight excluding hydrogens is 196 g/mol.